The van der Waals surface area contributed by atoms with Gasteiger partial charge < -0.3 is 14.6 Å². The van der Waals surface area contributed by atoms with Gasteiger partial charge in [-0.2, -0.15) is 0 Å². The predicted molar refractivity (Wildman–Crippen MR) is 101 cm³/mol. The van der Waals surface area contributed by atoms with Crippen LogP contribution in [-0.2, 0) is 11.8 Å². The van der Waals surface area contributed by atoms with Gasteiger partial charge in [-0.1, -0.05) is 25.3 Å². The molecule has 144 valence electrons. The molecule has 0 unspecified atom stereocenters. The first-order valence-corrected chi connectivity index (χ1v) is 9.66. The minimum absolute atomic E-state index is 0.0113. The molecule has 1 aromatic heterocycles. The van der Waals surface area contributed by atoms with Crippen molar-refractivity contribution >= 4 is 5.91 Å². The van der Waals surface area contributed by atoms with Crippen molar-refractivity contribution < 1.29 is 9.53 Å². The number of nitrogens with one attached hydrogen (secondary N) is 1. The van der Waals surface area contributed by atoms with Crippen molar-refractivity contribution in [3.63, 3.8) is 0 Å². The van der Waals surface area contributed by atoms with E-state index in [0.717, 1.165) is 32.5 Å². The Morgan fingerprint density at radius 3 is 2.65 bits per heavy atom. The first-order chi connectivity index (χ1) is 12.3. The third-order valence-corrected chi connectivity index (χ3v) is 5.88. The lowest BCUT2D eigenvalue weighted by atomic mass is 9.79. The summed E-state index contributed by atoms with van der Waals surface area (Å²) < 4.78 is 7.29. The molecule has 1 N–H and O–H groups in total. The number of carbonyl (C=O) groups excluding carboxylic acids is 1. The highest BCUT2D eigenvalue weighted by Gasteiger charge is 2.42. The second kappa shape index (κ2) is 7.53. The normalized spacial score (nSPS) is 22.7. The maximum Gasteiger partial charge on any atom is 0.268 e. The van der Waals surface area contributed by atoms with Crippen molar-refractivity contribution in [1.82, 2.24) is 14.8 Å². The third-order valence-electron chi connectivity index (χ3n) is 5.88. The Morgan fingerprint density at radius 2 is 1.96 bits per heavy atom. The van der Waals surface area contributed by atoms with Crippen LogP contribution in [0.4, 0.5) is 0 Å². The molecule has 0 radical (unpaired) electrons. The van der Waals surface area contributed by atoms with Crippen LogP contribution >= 0.6 is 0 Å². The summed E-state index contributed by atoms with van der Waals surface area (Å²) >= 11 is 0. The molecule has 1 saturated carbocycles. The zero-order valence-corrected chi connectivity index (χ0v) is 16.2. The number of morpholine rings is 1. The number of pyridine rings is 1. The van der Waals surface area contributed by atoms with E-state index in [2.05, 4.69) is 24.1 Å². The molecule has 0 bridgehead atoms. The largest absolute Gasteiger partial charge is 0.373 e. The predicted octanol–water partition coefficient (Wildman–Crippen LogP) is 1.93. The zero-order valence-electron chi connectivity index (χ0n) is 16.2. The highest BCUT2D eigenvalue weighted by atomic mass is 16.5. The number of rotatable bonds is 4. The average molecular weight is 361 g/mol. The number of hydrogen-bond donors (Lipinski definition) is 1. The summed E-state index contributed by atoms with van der Waals surface area (Å²) in [7, 11) is 1.64. The van der Waals surface area contributed by atoms with Gasteiger partial charge in [0.05, 0.1) is 12.2 Å². The van der Waals surface area contributed by atoms with Gasteiger partial charge in [0.2, 0.25) is 0 Å². The van der Waals surface area contributed by atoms with Crippen LogP contribution in [0.5, 0.6) is 0 Å². The van der Waals surface area contributed by atoms with Gasteiger partial charge >= 0.3 is 0 Å². The number of aromatic nitrogens is 1. The lowest BCUT2D eigenvalue weighted by molar-refractivity contribution is -0.122. The minimum Gasteiger partial charge on any atom is -0.373 e. The van der Waals surface area contributed by atoms with E-state index in [1.807, 2.05) is 0 Å². The second-order valence-electron chi connectivity index (χ2n) is 8.31. The van der Waals surface area contributed by atoms with Crippen molar-refractivity contribution in [2.75, 3.05) is 26.2 Å². The molecule has 1 amide bonds. The van der Waals surface area contributed by atoms with Gasteiger partial charge in [-0.05, 0) is 32.8 Å². The summed E-state index contributed by atoms with van der Waals surface area (Å²) in [6, 6.07) is 4.80. The van der Waals surface area contributed by atoms with Crippen LogP contribution in [0, 0.1) is 0 Å². The molecule has 6 heteroatoms. The molecule has 6 nitrogen and oxygen atoms in total. The van der Waals surface area contributed by atoms with E-state index >= 15 is 0 Å². The van der Waals surface area contributed by atoms with E-state index < -0.39 is 0 Å². The van der Waals surface area contributed by atoms with Gasteiger partial charge in [-0.3, -0.25) is 14.5 Å². The molecule has 2 fully saturated rings. The van der Waals surface area contributed by atoms with Crippen molar-refractivity contribution in [2.24, 2.45) is 7.05 Å². The lowest BCUT2D eigenvalue weighted by Gasteiger charge is -2.51. The van der Waals surface area contributed by atoms with Gasteiger partial charge in [0.1, 0.15) is 5.69 Å². The first kappa shape index (κ1) is 19.1. The topological polar surface area (TPSA) is 63.6 Å². The van der Waals surface area contributed by atoms with E-state index in [0.29, 0.717) is 12.2 Å². The molecule has 1 aromatic rings. The molecule has 1 aliphatic carbocycles. The van der Waals surface area contributed by atoms with Gasteiger partial charge in [-0.15, -0.1) is 0 Å². The van der Waals surface area contributed by atoms with Crippen molar-refractivity contribution in [2.45, 2.75) is 57.1 Å². The van der Waals surface area contributed by atoms with Crippen LogP contribution in [0.15, 0.2) is 23.0 Å². The highest BCUT2D eigenvalue weighted by molar-refractivity contribution is 5.92. The summed E-state index contributed by atoms with van der Waals surface area (Å²) in [6.45, 7) is 7.40. The Bertz CT molecular complexity index is 704. The maximum absolute atomic E-state index is 12.7. The number of amides is 1. The molecule has 2 heterocycles. The SMILES string of the molecule is Cn1c(C(=O)NCC2(N3CCOC(C)(C)C3)CCCCC2)cccc1=O. The smallest absolute Gasteiger partial charge is 0.268 e. The monoisotopic (exact) mass is 361 g/mol. The Kier molecular flexibility index (Phi) is 5.53. The van der Waals surface area contributed by atoms with Gasteiger partial charge in [0, 0.05) is 38.3 Å². The minimum atomic E-state index is -0.178. The fourth-order valence-corrected chi connectivity index (χ4v) is 4.36. The fraction of sp³-hybridized carbons (Fsp3) is 0.700. The van der Waals surface area contributed by atoms with Crippen molar-refractivity contribution in [1.29, 1.82) is 0 Å². The highest BCUT2D eigenvalue weighted by Crippen LogP contribution is 2.36. The molecule has 2 aliphatic rings. The molecule has 26 heavy (non-hydrogen) atoms. The molecule has 0 aromatic carbocycles. The molecular weight excluding hydrogens is 330 g/mol. The van der Waals surface area contributed by atoms with E-state index in [1.165, 1.54) is 29.9 Å². The van der Waals surface area contributed by atoms with E-state index in [4.69, 9.17) is 4.74 Å². The van der Waals surface area contributed by atoms with Crippen LogP contribution in [0.1, 0.15) is 56.4 Å². The molecular formula is C20H31N3O3. The second-order valence-corrected chi connectivity index (χ2v) is 8.31. The van der Waals surface area contributed by atoms with Crippen molar-refractivity contribution in [3.05, 3.63) is 34.2 Å². The number of carbonyl (C=O) groups is 1. The quantitative estimate of drug-likeness (QED) is 0.890. The van der Waals surface area contributed by atoms with Crippen LogP contribution in [0.2, 0.25) is 0 Å². The van der Waals surface area contributed by atoms with Crippen LogP contribution < -0.4 is 10.9 Å². The van der Waals surface area contributed by atoms with Crippen LogP contribution in [0.3, 0.4) is 0 Å². The summed E-state index contributed by atoms with van der Waals surface area (Å²) in [6.07, 6.45) is 5.83. The Balaban J connectivity index is 1.75. The summed E-state index contributed by atoms with van der Waals surface area (Å²) in [4.78, 5) is 27.0. The van der Waals surface area contributed by atoms with Crippen LogP contribution in [0.25, 0.3) is 0 Å². The molecule has 0 atom stereocenters. The van der Waals surface area contributed by atoms with E-state index in [1.54, 1.807) is 19.2 Å². The van der Waals surface area contributed by atoms with Gasteiger partial charge in [0.25, 0.3) is 11.5 Å². The maximum atomic E-state index is 12.7. The molecule has 3 rings (SSSR count). The first-order valence-electron chi connectivity index (χ1n) is 9.66. The summed E-state index contributed by atoms with van der Waals surface area (Å²) in [5.74, 6) is -0.178. The number of ether oxygens (including phenoxy) is 1. The molecule has 0 spiro atoms. The van der Waals surface area contributed by atoms with Gasteiger partial charge in [0.15, 0.2) is 0 Å². The van der Waals surface area contributed by atoms with E-state index in [9.17, 15) is 9.59 Å². The average Bonchev–Trinajstić information content (AvgIpc) is 2.62. The Hall–Kier alpha value is -1.66. The van der Waals surface area contributed by atoms with E-state index in [-0.39, 0.29) is 22.6 Å². The summed E-state index contributed by atoms with van der Waals surface area (Å²) in [5, 5.41) is 3.12. The lowest BCUT2D eigenvalue weighted by Crippen LogP contribution is -2.63. The third kappa shape index (κ3) is 4.01. The molecule has 1 aliphatic heterocycles. The van der Waals surface area contributed by atoms with Gasteiger partial charge in [-0.25, -0.2) is 0 Å². The van der Waals surface area contributed by atoms with Crippen LogP contribution in [-0.4, -0.2) is 52.8 Å². The summed E-state index contributed by atoms with van der Waals surface area (Å²) in [5.41, 5.74) is 0.0734. The fourth-order valence-electron chi connectivity index (χ4n) is 4.36. The standard InChI is InChI=1S/C20H31N3O3/c1-19(2)15-23(12-13-26-19)20(10-5-4-6-11-20)14-21-18(25)16-8-7-9-17(24)22(16)3/h7-9H,4-6,10-15H2,1-3H3,(H,21,25). The number of nitrogens with zero attached hydrogens (tertiary/aromatic N) is 2. The van der Waals surface area contributed by atoms with Crippen molar-refractivity contribution in [3.8, 4) is 0 Å². The Labute approximate surface area is 155 Å². The molecule has 1 saturated heterocycles. The number of hydrogen-bond acceptors (Lipinski definition) is 4. The zero-order chi connectivity index (χ0) is 18.8. The Morgan fingerprint density at radius 1 is 1.23 bits per heavy atom.